The predicted octanol–water partition coefficient (Wildman–Crippen LogP) is 2.56. The zero-order valence-electron chi connectivity index (χ0n) is 16.8. The summed E-state index contributed by atoms with van der Waals surface area (Å²) in [6.07, 6.45) is 0.615. The summed E-state index contributed by atoms with van der Waals surface area (Å²) in [5, 5.41) is 14.1. The second-order valence-electron chi connectivity index (χ2n) is 6.89. The van der Waals surface area contributed by atoms with E-state index in [2.05, 4.69) is 16.7 Å². The van der Waals surface area contributed by atoms with E-state index in [-0.39, 0.29) is 6.42 Å². The molecule has 0 spiro atoms. The maximum atomic E-state index is 13.1. The summed E-state index contributed by atoms with van der Waals surface area (Å²) in [4.78, 5) is 39.0. The van der Waals surface area contributed by atoms with Gasteiger partial charge in [-0.05, 0) is 41.8 Å². The number of nitriles is 1. The lowest BCUT2D eigenvalue weighted by molar-refractivity contribution is -0.134. The van der Waals surface area contributed by atoms with Gasteiger partial charge in [-0.25, -0.2) is 4.79 Å². The van der Waals surface area contributed by atoms with Crippen molar-refractivity contribution < 1.29 is 19.1 Å². The first-order valence-corrected chi connectivity index (χ1v) is 9.48. The van der Waals surface area contributed by atoms with Crippen molar-refractivity contribution >= 4 is 23.5 Å². The number of carbonyl (C=O) groups is 3. The second-order valence-corrected chi connectivity index (χ2v) is 6.89. The number of rotatable bonds is 7. The van der Waals surface area contributed by atoms with Gasteiger partial charge in [0.1, 0.15) is 17.8 Å². The van der Waals surface area contributed by atoms with Crippen LogP contribution in [0.2, 0.25) is 0 Å². The van der Waals surface area contributed by atoms with Crippen molar-refractivity contribution in [2.24, 2.45) is 0 Å². The van der Waals surface area contributed by atoms with Crippen molar-refractivity contribution in [3.8, 4) is 11.8 Å². The van der Waals surface area contributed by atoms with E-state index in [1.165, 1.54) is 0 Å². The van der Waals surface area contributed by atoms with Crippen molar-refractivity contribution in [1.29, 1.82) is 5.26 Å². The molecule has 0 saturated carbocycles. The number of imide groups is 1. The van der Waals surface area contributed by atoms with Crippen LogP contribution in [0, 0.1) is 11.3 Å². The fourth-order valence-corrected chi connectivity index (χ4v) is 3.43. The first-order chi connectivity index (χ1) is 14.4. The smallest absolute Gasteiger partial charge is 0.325 e. The molecule has 8 nitrogen and oxygen atoms in total. The van der Waals surface area contributed by atoms with Crippen LogP contribution in [-0.4, -0.2) is 36.4 Å². The summed E-state index contributed by atoms with van der Waals surface area (Å²) in [6, 6.07) is 15.1. The molecule has 1 saturated heterocycles. The summed E-state index contributed by atoms with van der Waals surface area (Å²) < 4.78 is 5.15. The molecule has 2 N–H and O–H groups in total. The van der Waals surface area contributed by atoms with E-state index < -0.39 is 29.9 Å². The van der Waals surface area contributed by atoms with Crippen LogP contribution in [0.1, 0.15) is 24.5 Å². The predicted molar refractivity (Wildman–Crippen MR) is 110 cm³/mol. The normalized spacial score (nSPS) is 18.0. The minimum Gasteiger partial charge on any atom is -0.497 e. The van der Waals surface area contributed by atoms with Crippen molar-refractivity contribution in [2.75, 3.05) is 19.0 Å². The van der Waals surface area contributed by atoms with Gasteiger partial charge in [-0.2, -0.15) is 5.26 Å². The highest BCUT2D eigenvalue weighted by Gasteiger charge is 2.51. The van der Waals surface area contributed by atoms with Gasteiger partial charge < -0.3 is 15.4 Å². The maximum Gasteiger partial charge on any atom is 0.325 e. The number of ether oxygens (including phenoxy) is 1. The third-order valence-corrected chi connectivity index (χ3v) is 5.11. The van der Waals surface area contributed by atoms with Gasteiger partial charge in [-0.1, -0.05) is 31.2 Å². The van der Waals surface area contributed by atoms with Crippen LogP contribution in [-0.2, 0) is 21.5 Å². The third kappa shape index (κ3) is 3.96. The summed E-state index contributed by atoms with van der Waals surface area (Å²) in [5.41, 5.74) is 0.755. The van der Waals surface area contributed by atoms with E-state index in [4.69, 9.17) is 10.00 Å². The molecule has 2 aromatic rings. The number of urea groups is 1. The van der Waals surface area contributed by atoms with Crippen molar-refractivity contribution in [3.05, 3.63) is 59.7 Å². The Morgan fingerprint density at radius 1 is 1.17 bits per heavy atom. The van der Waals surface area contributed by atoms with Crippen LogP contribution < -0.4 is 15.4 Å². The molecule has 0 unspecified atom stereocenters. The minimum atomic E-state index is -1.22. The van der Waals surface area contributed by atoms with Gasteiger partial charge in [0.25, 0.3) is 5.91 Å². The quantitative estimate of drug-likeness (QED) is 0.687. The Morgan fingerprint density at radius 2 is 1.83 bits per heavy atom. The lowest BCUT2D eigenvalue weighted by Crippen LogP contribution is -2.44. The fraction of sp³-hybridized carbons (Fsp3) is 0.273. The van der Waals surface area contributed by atoms with E-state index in [9.17, 15) is 14.4 Å². The molecule has 4 amide bonds. The molecule has 8 heteroatoms. The van der Waals surface area contributed by atoms with E-state index in [0.717, 1.165) is 10.5 Å². The molecule has 0 bridgehead atoms. The molecule has 0 aliphatic carbocycles. The van der Waals surface area contributed by atoms with Crippen LogP contribution in [0.3, 0.4) is 0 Å². The Morgan fingerprint density at radius 3 is 2.40 bits per heavy atom. The molecular weight excluding hydrogens is 384 g/mol. The first-order valence-electron chi connectivity index (χ1n) is 9.48. The standard InChI is InChI=1S/C22H22N4O4/c1-3-22(16-6-10-18(30-2)11-7-16)20(28)26(21(29)25-22)14-19(27)24-17-8-4-15(5-9-17)12-13-23/h4-11H,3,12,14H2,1-2H3,(H,24,27)(H,25,29)/t22-/m0/s1. The molecule has 0 aromatic heterocycles. The van der Waals surface area contributed by atoms with Gasteiger partial charge in [0, 0.05) is 5.69 Å². The highest BCUT2D eigenvalue weighted by molar-refractivity contribution is 6.10. The molecule has 0 radical (unpaired) electrons. The van der Waals surface area contributed by atoms with E-state index in [1.807, 2.05) is 0 Å². The topological polar surface area (TPSA) is 112 Å². The number of nitrogens with one attached hydrogen (secondary N) is 2. The molecule has 154 valence electrons. The summed E-state index contributed by atoms with van der Waals surface area (Å²) >= 11 is 0. The number of hydrogen-bond acceptors (Lipinski definition) is 5. The van der Waals surface area contributed by atoms with Crippen LogP contribution in [0.25, 0.3) is 0 Å². The Kier molecular flexibility index (Phi) is 6.02. The summed E-state index contributed by atoms with van der Waals surface area (Å²) in [5.74, 6) is -0.327. The first kappa shape index (κ1) is 20.9. The van der Waals surface area contributed by atoms with Crippen LogP contribution in [0.4, 0.5) is 10.5 Å². The summed E-state index contributed by atoms with van der Waals surface area (Å²) in [7, 11) is 1.55. The van der Waals surface area contributed by atoms with Crippen molar-refractivity contribution in [1.82, 2.24) is 10.2 Å². The Hall–Kier alpha value is -3.86. The number of benzene rings is 2. The average Bonchev–Trinajstić information content (AvgIpc) is 3.00. The highest BCUT2D eigenvalue weighted by Crippen LogP contribution is 2.33. The number of amides is 4. The van der Waals surface area contributed by atoms with E-state index in [1.54, 1.807) is 62.6 Å². The van der Waals surface area contributed by atoms with Gasteiger partial charge in [0.05, 0.1) is 19.6 Å². The molecular formula is C22H22N4O4. The largest absolute Gasteiger partial charge is 0.497 e. The fourth-order valence-electron chi connectivity index (χ4n) is 3.43. The third-order valence-electron chi connectivity index (χ3n) is 5.11. The minimum absolute atomic E-state index is 0.279. The Labute approximate surface area is 174 Å². The molecule has 1 heterocycles. The molecule has 1 aliphatic rings. The van der Waals surface area contributed by atoms with Crippen LogP contribution in [0.15, 0.2) is 48.5 Å². The van der Waals surface area contributed by atoms with Crippen molar-refractivity contribution in [3.63, 3.8) is 0 Å². The molecule has 3 rings (SSSR count). The Balaban J connectivity index is 1.73. The zero-order chi connectivity index (χ0) is 21.7. The van der Waals surface area contributed by atoms with Crippen LogP contribution >= 0.6 is 0 Å². The monoisotopic (exact) mass is 406 g/mol. The number of methoxy groups -OCH3 is 1. The van der Waals surface area contributed by atoms with E-state index >= 15 is 0 Å². The molecule has 2 aromatic carbocycles. The lowest BCUT2D eigenvalue weighted by Gasteiger charge is -2.26. The van der Waals surface area contributed by atoms with Gasteiger partial charge in [0.2, 0.25) is 5.91 Å². The summed E-state index contributed by atoms with van der Waals surface area (Å²) in [6.45, 7) is 1.40. The van der Waals surface area contributed by atoms with Gasteiger partial charge in [-0.3, -0.25) is 14.5 Å². The molecule has 1 aliphatic heterocycles. The maximum absolute atomic E-state index is 13.1. The highest BCUT2D eigenvalue weighted by atomic mass is 16.5. The van der Waals surface area contributed by atoms with Gasteiger partial charge in [0.15, 0.2) is 0 Å². The van der Waals surface area contributed by atoms with Gasteiger partial charge in [-0.15, -0.1) is 0 Å². The number of anilines is 1. The Bertz CT molecular complexity index is 995. The lowest BCUT2D eigenvalue weighted by atomic mass is 9.87. The molecule has 1 atom stereocenters. The molecule has 1 fully saturated rings. The van der Waals surface area contributed by atoms with Gasteiger partial charge >= 0.3 is 6.03 Å². The average molecular weight is 406 g/mol. The van der Waals surface area contributed by atoms with Crippen molar-refractivity contribution in [2.45, 2.75) is 25.3 Å². The number of hydrogen-bond donors (Lipinski definition) is 2. The molecule has 30 heavy (non-hydrogen) atoms. The SMILES string of the molecule is CC[C@@]1(c2ccc(OC)cc2)NC(=O)N(CC(=O)Nc2ccc(CC#N)cc2)C1=O. The zero-order valence-corrected chi connectivity index (χ0v) is 16.8. The second kappa shape index (κ2) is 8.66. The van der Waals surface area contributed by atoms with E-state index in [0.29, 0.717) is 23.4 Å². The number of nitrogens with zero attached hydrogens (tertiary/aromatic N) is 2. The number of carbonyl (C=O) groups excluding carboxylic acids is 3. The van der Waals surface area contributed by atoms with Crippen LogP contribution in [0.5, 0.6) is 5.75 Å².